The number of benzene rings is 2. The Kier molecular flexibility index (Phi) is 6.07. The van der Waals surface area contributed by atoms with Gasteiger partial charge < -0.3 is 14.0 Å². The van der Waals surface area contributed by atoms with Crippen LogP contribution < -0.4 is 4.74 Å². The molecule has 3 rings (SSSR count). The second-order valence-electron chi connectivity index (χ2n) is 6.36. The number of hydrogen-bond donors (Lipinski definition) is 0. The van der Waals surface area contributed by atoms with Crippen molar-refractivity contribution in [2.45, 2.75) is 33.2 Å². The summed E-state index contributed by atoms with van der Waals surface area (Å²) in [6.07, 6.45) is 1.07. The second-order valence-corrected chi connectivity index (χ2v) is 6.80. The number of ether oxygens (including phenoxy) is 2. The minimum Gasteiger partial charge on any atom is -0.497 e. The first-order valence-corrected chi connectivity index (χ1v) is 9.53. The predicted molar refractivity (Wildman–Crippen MR) is 109 cm³/mol. The Balaban J connectivity index is 2.15. The van der Waals surface area contributed by atoms with Crippen LogP contribution in [0.2, 0.25) is 5.02 Å². The Morgan fingerprint density at radius 2 is 1.96 bits per heavy atom. The molecule has 142 valence electrons. The fourth-order valence-corrected chi connectivity index (χ4v) is 3.75. The molecule has 0 atom stereocenters. The maximum atomic E-state index is 12.2. The van der Waals surface area contributed by atoms with Gasteiger partial charge in [-0.15, -0.1) is 0 Å². The topological polar surface area (TPSA) is 40.5 Å². The average Bonchev–Trinajstić information content (AvgIpc) is 2.94. The number of fused-ring (bicyclic) bond motifs is 1. The molecule has 0 spiro atoms. The summed E-state index contributed by atoms with van der Waals surface area (Å²) in [5.41, 5.74) is 4.33. The highest BCUT2D eigenvalue weighted by atomic mass is 35.5. The van der Waals surface area contributed by atoms with Gasteiger partial charge in [0.05, 0.1) is 20.1 Å². The number of carbonyl (C=O) groups excluding carboxylic acids is 1. The second kappa shape index (κ2) is 8.49. The van der Waals surface area contributed by atoms with E-state index in [1.54, 1.807) is 7.11 Å². The number of nitrogens with zero attached hydrogens (tertiary/aromatic N) is 1. The van der Waals surface area contributed by atoms with Crippen LogP contribution >= 0.6 is 11.6 Å². The van der Waals surface area contributed by atoms with Crippen LogP contribution in [0, 0.1) is 0 Å². The van der Waals surface area contributed by atoms with Gasteiger partial charge in [-0.3, -0.25) is 4.79 Å². The highest BCUT2D eigenvalue weighted by molar-refractivity contribution is 6.30. The monoisotopic (exact) mass is 385 g/mol. The largest absolute Gasteiger partial charge is 0.497 e. The van der Waals surface area contributed by atoms with Gasteiger partial charge in [0.25, 0.3) is 0 Å². The highest BCUT2D eigenvalue weighted by Gasteiger charge is 2.19. The van der Waals surface area contributed by atoms with Gasteiger partial charge in [-0.25, -0.2) is 0 Å². The van der Waals surface area contributed by atoms with Crippen LogP contribution in [-0.2, 0) is 28.9 Å². The molecule has 0 bridgehead atoms. The molecule has 0 amide bonds. The van der Waals surface area contributed by atoms with E-state index in [2.05, 4.69) is 17.6 Å². The predicted octanol–water partition coefficient (Wildman–Crippen LogP) is 5.02. The normalized spacial score (nSPS) is 11.0. The first-order valence-electron chi connectivity index (χ1n) is 9.15. The molecule has 0 aliphatic heterocycles. The molecule has 0 radical (unpaired) electrons. The summed E-state index contributed by atoms with van der Waals surface area (Å²) in [6.45, 7) is 5.00. The van der Waals surface area contributed by atoms with E-state index in [0.29, 0.717) is 13.2 Å². The van der Waals surface area contributed by atoms with Crippen molar-refractivity contribution in [3.63, 3.8) is 0 Å². The molecular formula is C22H24ClNO3. The molecule has 0 aliphatic rings. The Bertz CT molecular complexity index is 962. The number of halogens is 1. The van der Waals surface area contributed by atoms with Crippen LogP contribution in [0.4, 0.5) is 0 Å². The third kappa shape index (κ3) is 4.11. The van der Waals surface area contributed by atoms with E-state index in [1.807, 2.05) is 43.3 Å². The molecule has 0 N–H and O–H groups in total. The zero-order chi connectivity index (χ0) is 19.4. The number of carbonyl (C=O) groups is 1. The maximum Gasteiger partial charge on any atom is 0.310 e. The van der Waals surface area contributed by atoms with Gasteiger partial charge in [0.15, 0.2) is 0 Å². The van der Waals surface area contributed by atoms with E-state index in [9.17, 15) is 4.79 Å². The minimum atomic E-state index is -0.211. The van der Waals surface area contributed by atoms with Gasteiger partial charge in [-0.1, -0.05) is 30.7 Å². The first kappa shape index (κ1) is 19.3. The molecule has 4 nitrogen and oxygen atoms in total. The number of rotatable bonds is 7. The minimum absolute atomic E-state index is 0.211. The van der Waals surface area contributed by atoms with Gasteiger partial charge in [-0.2, -0.15) is 0 Å². The van der Waals surface area contributed by atoms with E-state index >= 15 is 0 Å². The van der Waals surface area contributed by atoms with Gasteiger partial charge in [-0.05, 0) is 54.8 Å². The van der Waals surface area contributed by atoms with Gasteiger partial charge >= 0.3 is 5.97 Å². The SMILES string of the molecule is CCOC(=O)Cc1c(CC)n(Cc2cccc(Cl)c2)c2ccc(OC)cc12. The van der Waals surface area contributed by atoms with Crippen LogP contribution in [0.3, 0.4) is 0 Å². The Labute approximate surface area is 164 Å². The van der Waals surface area contributed by atoms with Crippen molar-refractivity contribution in [2.24, 2.45) is 0 Å². The zero-order valence-electron chi connectivity index (χ0n) is 15.9. The summed E-state index contributed by atoms with van der Waals surface area (Å²) in [7, 11) is 1.65. The first-order chi connectivity index (χ1) is 13.1. The van der Waals surface area contributed by atoms with Crippen molar-refractivity contribution in [2.75, 3.05) is 13.7 Å². The molecule has 0 unspecified atom stereocenters. The van der Waals surface area contributed by atoms with Gasteiger partial charge in [0.2, 0.25) is 0 Å². The van der Waals surface area contributed by atoms with Crippen LogP contribution in [0.1, 0.15) is 30.7 Å². The average molecular weight is 386 g/mol. The summed E-state index contributed by atoms with van der Waals surface area (Å²) in [6, 6.07) is 13.9. The summed E-state index contributed by atoms with van der Waals surface area (Å²) in [5, 5.41) is 1.75. The molecule has 1 aromatic heterocycles. The maximum absolute atomic E-state index is 12.2. The molecule has 0 fully saturated rings. The lowest BCUT2D eigenvalue weighted by atomic mass is 10.1. The summed E-state index contributed by atoms with van der Waals surface area (Å²) >= 11 is 6.16. The number of aromatic nitrogens is 1. The van der Waals surface area contributed by atoms with Crippen LogP contribution in [0.5, 0.6) is 5.75 Å². The van der Waals surface area contributed by atoms with Gasteiger partial charge in [0.1, 0.15) is 5.75 Å². The summed E-state index contributed by atoms with van der Waals surface area (Å²) in [4.78, 5) is 12.2. The van der Waals surface area contributed by atoms with E-state index in [1.165, 1.54) is 0 Å². The van der Waals surface area contributed by atoms with Crippen molar-refractivity contribution in [3.8, 4) is 5.75 Å². The Morgan fingerprint density at radius 3 is 2.63 bits per heavy atom. The molecule has 3 aromatic rings. The molecule has 0 saturated carbocycles. The van der Waals surface area contributed by atoms with Gasteiger partial charge in [0, 0.05) is 28.2 Å². The molecule has 2 aromatic carbocycles. The fraction of sp³-hybridized carbons (Fsp3) is 0.318. The smallest absolute Gasteiger partial charge is 0.310 e. The quantitative estimate of drug-likeness (QED) is 0.536. The standard InChI is InChI=1S/C22H24ClNO3/c1-4-20-19(13-22(25)27-5-2)18-12-17(26-3)9-10-21(18)24(20)14-15-7-6-8-16(23)11-15/h6-12H,4-5,13-14H2,1-3H3. The summed E-state index contributed by atoms with van der Waals surface area (Å²) in [5.74, 6) is 0.562. The van der Waals surface area contributed by atoms with Crippen molar-refractivity contribution in [1.29, 1.82) is 0 Å². The molecule has 27 heavy (non-hydrogen) atoms. The Hall–Kier alpha value is -2.46. The third-order valence-corrected chi connectivity index (χ3v) is 4.92. The number of hydrogen-bond acceptors (Lipinski definition) is 3. The summed E-state index contributed by atoms with van der Waals surface area (Å²) < 4.78 is 12.9. The van der Waals surface area contributed by atoms with Crippen LogP contribution in [-0.4, -0.2) is 24.3 Å². The number of esters is 1. The lowest BCUT2D eigenvalue weighted by Gasteiger charge is -2.11. The molecular weight excluding hydrogens is 362 g/mol. The Morgan fingerprint density at radius 1 is 1.15 bits per heavy atom. The van der Waals surface area contributed by atoms with E-state index < -0.39 is 0 Å². The molecule has 1 heterocycles. The van der Waals surface area contributed by atoms with Crippen molar-refractivity contribution < 1.29 is 14.3 Å². The van der Waals surface area contributed by atoms with Crippen LogP contribution in [0.15, 0.2) is 42.5 Å². The van der Waals surface area contributed by atoms with Crippen molar-refractivity contribution >= 4 is 28.5 Å². The van der Waals surface area contributed by atoms with E-state index in [-0.39, 0.29) is 12.4 Å². The lowest BCUT2D eigenvalue weighted by Crippen LogP contribution is -2.10. The molecule has 5 heteroatoms. The van der Waals surface area contributed by atoms with Crippen molar-refractivity contribution in [1.82, 2.24) is 4.57 Å². The third-order valence-electron chi connectivity index (χ3n) is 4.68. The zero-order valence-corrected chi connectivity index (χ0v) is 16.7. The molecule has 0 aliphatic carbocycles. The van der Waals surface area contributed by atoms with E-state index in [0.717, 1.165) is 44.9 Å². The van der Waals surface area contributed by atoms with Crippen LogP contribution in [0.25, 0.3) is 10.9 Å². The lowest BCUT2D eigenvalue weighted by molar-refractivity contribution is -0.142. The van der Waals surface area contributed by atoms with Crippen molar-refractivity contribution in [3.05, 3.63) is 64.3 Å². The molecule has 0 saturated heterocycles. The number of methoxy groups -OCH3 is 1. The van der Waals surface area contributed by atoms with E-state index in [4.69, 9.17) is 21.1 Å². The highest BCUT2D eigenvalue weighted by Crippen LogP contribution is 2.31. The fourth-order valence-electron chi connectivity index (χ4n) is 3.54.